The van der Waals surface area contributed by atoms with Gasteiger partial charge in [-0.2, -0.15) is 0 Å². The lowest BCUT2D eigenvalue weighted by molar-refractivity contribution is 0.0535. The number of benzene rings is 1. The summed E-state index contributed by atoms with van der Waals surface area (Å²) >= 11 is 0. The maximum Gasteiger partial charge on any atom is 0.255 e. The molecule has 0 N–H and O–H groups in total. The summed E-state index contributed by atoms with van der Waals surface area (Å²) < 4.78 is 1.98. The lowest BCUT2D eigenvalue weighted by atomic mass is 10.1. The number of carbonyl (C=O) groups is 2. The van der Waals surface area contributed by atoms with Gasteiger partial charge in [0.2, 0.25) is 0 Å². The Balaban J connectivity index is 1.44. The van der Waals surface area contributed by atoms with Gasteiger partial charge in [-0.25, -0.2) is 9.97 Å². The topological polar surface area (TPSA) is 71.3 Å². The number of amides is 2. The number of rotatable bonds is 3. The van der Waals surface area contributed by atoms with E-state index in [9.17, 15) is 9.59 Å². The summed E-state index contributed by atoms with van der Waals surface area (Å²) in [4.78, 5) is 37.8. The van der Waals surface area contributed by atoms with Gasteiger partial charge in [0, 0.05) is 44.0 Å². The van der Waals surface area contributed by atoms with Crippen LogP contribution in [0.15, 0.2) is 48.9 Å². The lowest BCUT2D eigenvalue weighted by Gasteiger charge is -2.34. The Bertz CT molecular complexity index is 1000. The van der Waals surface area contributed by atoms with Crippen LogP contribution in [-0.4, -0.2) is 62.3 Å². The summed E-state index contributed by atoms with van der Waals surface area (Å²) in [6, 6.07) is 11.3. The fraction of sp³-hybridized carbons (Fsp3) is 0.333. The van der Waals surface area contributed by atoms with E-state index in [1.165, 1.54) is 0 Å². The summed E-state index contributed by atoms with van der Waals surface area (Å²) in [6.45, 7) is 6.20. The number of carbonyl (C=O) groups excluding carboxylic acids is 2. The second-order valence-corrected chi connectivity index (χ2v) is 7.26. The molecule has 28 heavy (non-hydrogen) atoms. The quantitative estimate of drug-likeness (QED) is 0.703. The van der Waals surface area contributed by atoms with Crippen LogP contribution in [0, 0.1) is 0 Å². The number of imidazole rings is 1. The van der Waals surface area contributed by atoms with E-state index in [0.717, 1.165) is 11.2 Å². The molecule has 4 rings (SSSR count). The van der Waals surface area contributed by atoms with Gasteiger partial charge in [-0.1, -0.05) is 18.2 Å². The lowest BCUT2D eigenvalue weighted by Crippen LogP contribution is -2.50. The zero-order valence-corrected chi connectivity index (χ0v) is 16.1. The van der Waals surface area contributed by atoms with E-state index >= 15 is 0 Å². The maximum atomic E-state index is 12.9. The van der Waals surface area contributed by atoms with Gasteiger partial charge in [-0.3, -0.25) is 9.59 Å². The minimum Gasteiger partial charge on any atom is -0.335 e. The van der Waals surface area contributed by atoms with Crippen molar-refractivity contribution in [2.45, 2.75) is 19.9 Å². The molecule has 0 saturated carbocycles. The molecular weight excluding hydrogens is 354 g/mol. The molecular formula is C21H23N5O2. The number of nitrogens with zero attached hydrogens (tertiary/aromatic N) is 5. The van der Waals surface area contributed by atoms with Crippen LogP contribution in [0.3, 0.4) is 0 Å². The summed E-state index contributed by atoms with van der Waals surface area (Å²) in [5, 5.41) is 0. The Labute approximate surface area is 163 Å². The first kappa shape index (κ1) is 18.2. The van der Waals surface area contributed by atoms with Gasteiger partial charge in [-0.15, -0.1) is 0 Å². The van der Waals surface area contributed by atoms with Crippen LogP contribution in [0.4, 0.5) is 0 Å². The van der Waals surface area contributed by atoms with E-state index in [1.807, 2.05) is 34.9 Å². The normalized spacial score (nSPS) is 14.7. The van der Waals surface area contributed by atoms with E-state index in [-0.39, 0.29) is 17.9 Å². The molecule has 1 saturated heterocycles. The molecule has 3 aromatic rings. The molecule has 2 amide bonds. The highest BCUT2D eigenvalue weighted by atomic mass is 16.2. The third-order valence-electron chi connectivity index (χ3n) is 5.09. The van der Waals surface area contributed by atoms with Crippen LogP contribution in [0.1, 0.15) is 40.6 Å². The molecule has 0 radical (unpaired) electrons. The number of aromatic nitrogens is 3. The highest BCUT2D eigenvalue weighted by Crippen LogP contribution is 2.18. The predicted octanol–water partition coefficient (Wildman–Crippen LogP) is 2.61. The Kier molecular flexibility index (Phi) is 4.81. The van der Waals surface area contributed by atoms with Gasteiger partial charge in [0.15, 0.2) is 5.65 Å². The molecule has 0 aliphatic carbocycles. The monoisotopic (exact) mass is 377 g/mol. The first-order valence-corrected chi connectivity index (χ1v) is 9.51. The predicted molar refractivity (Wildman–Crippen MR) is 106 cm³/mol. The van der Waals surface area contributed by atoms with Crippen LogP contribution >= 0.6 is 0 Å². The van der Waals surface area contributed by atoms with Gasteiger partial charge in [-0.05, 0) is 32.0 Å². The molecule has 1 fully saturated rings. The van der Waals surface area contributed by atoms with Crippen molar-refractivity contribution in [3.63, 3.8) is 0 Å². The molecule has 0 bridgehead atoms. The second kappa shape index (κ2) is 7.42. The minimum atomic E-state index is -0.0692. The fourth-order valence-corrected chi connectivity index (χ4v) is 3.47. The molecule has 144 valence electrons. The van der Waals surface area contributed by atoms with Crippen molar-refractivity contribution in [1.82, 2.24) is 24.3 Å². The maximum absolute atomic E-state index is 12.9. The highest BCUT2D eigenvalue weighted by molar-refractivity contribution is 5.97. The van der Waals surface area contributed by atoms with Crippen molar-refractivity contribution < 1.29 is 9.59 Å². The van der Waals surface area contributed by atoms with Gasteiger partial charge in [0.1, 0.15) is 5.52 Å². The number of hydrogen-bond donors (Lipinski definition) is 0. The fourth-order valence-electron chi connectivity index (χ4n) is 3.47. The van der Waals surface area contributed by atoms with Gasteiger partial charge in [0.05, 0.1) is 11.9 Å². The van der Waals surface area contributed by atoms with Crippen LogP contribution in [0.25, 0.3) is 11.2 Å². The Morgan fingerprint density at radius 3 is 2.11 bits per heavy atom. The average molecular weight is 377 g/mol. The molecule has 0 atom stereocenters. The van der Waals surface area contributed by atoms with Crippen LogP contribution in [0.2, 0.25) is 0 Å². The molecule has 2 aromatic heterocycles. The third-order valence-corrected chi connectivity index (χ3v) is 5.09. The van der Waals surface area contributed by atoms with E-state index < -0.39 is 0 Å². The smallest absolute Gasteiger partial charge is 0.255 e. The largest absolute Gasteiger partial charge is 0.335 e. The van der Waals surface area contributed by atoms with E-state index in [2.05, 4.69) is 23.8 Å². The first-order valence-electron chi connectivity index (χ1n) is 9.51. The molecule has 1 aliphatic heterocycles. The summed E-state index contributed by atoms with van der Waals surface area (Å²) in [5.74, 6) is -0.0599. The molecule has 3 heterocycles. The molecule has 0 spiro atoms. The van der Waals surface area contributed by atoms with Gasteiger partial charge < -0.3 is 14.4 Å². The number of pyridine rings is 1. The van der Waals surface area contributed by atoms with Crippen molar-refractivity contribution in [3.8, 4) is 0 Å². The molecule has 7 heteroatoms. The van der Waals surface area contributed by atoms with Crippen molar-refractivity contribution in [2.75, 3.05) is 26.2 Å². The molecule has 0 unspecified atom stereocenters. The zero-order valence-electron chi connectivity index (χ0n) is 16.1. The molecule has 7 nitrogen and oxygen atoms in total. The molecule has 1 aromatic carbocycles. The number of hydrogen-bond acceptors (Lipinski definition) is 4. The van der Waals surface area contributed by atoms with Crippen LogP contribution < -0.4 is 0 Å². The van der Waals surface area contributed by atoms with E-state index in [4.69, 9.17) is 0 Å². The van der Waals surface area contributed by atoms with Crippen LogP contribution in [-0.2, 0) is 0 Å². The van der Waals surface area contributed by atoms with Crippen molar-refractivity contribution in [1.29, 1.82) is 0 Å². The Hall–Kier alpha value is -3.22. The van der Waals surface area contributed by atoms with Crippen molar-refractivity contribution >= 4 is 23.0 Å². The standard InChI is InChI=1S/C21H23N5O2/c1-15(2)26-14-23-18-12-17(13-22-19(18)26)21(28)25-10-8-24(9-11-25)20(27)16-6-4-3-5-7-16/h3-7,12-15H,8-11H2,1-2H3. The van der Waals surface area contributed by atoms with E-state index in [1.54, 1.807) is 28.4 Å². The SMILES string of the molecule is CC(C)n1cnc2cc(C(=O)N3CCN(C(=O)c4ccccc4)CC3)cnc21. The van der Waals surface area contributed by atoms with E-state index in [0.29, 0.717) is 37.3 Å². The first-order chi connectivity index (χ1) is 13.5. The Morgan fingerprint density at radius 1 is 0.893 bits per heavy atom. The average Bonchev–Trinajstić information content (AvgIpc) is 3.17. The zero-order chi connectivity index (χ0) is 19.7. The van der Waals surface area contributed by atoms with Gasteiger partial charge >= 0.3 is 0 Å². The third kappa shape index (κ3) is 3.35. The number of piperazine rings is 1. The second-order valence-electron chi connectivity index (χ2n) is 7.26. The Morgan fingerprint density at radius 2 is 1.50 bits per heavy atom. The molecule has 1 aliphatic rings. The van der Waals surface area contributed by atoms with Crippen molar-refractivity contribution in [3.05, 3.63) is 60.0 Å². The minimum absolute atomic E-state index is 0.00927. The summed E-state index contributed by atoms with van der Waals surface area (Å²) in [7, 11) is 0. The number of fused-ring (bicyclic) bond motifs is 1. The van der Waals surface area contributed by atoms with Gasteiger partial charge in [0.25, 0.3) is 11.8 Å². The van der Waals surface area contributed by atoms with Crippen LogP contribution in [0.5, 0.6) is 0 Å². The van der Waals surface area contributed by atoms with Crippen molar-refractivity contribution in [2.24, 2.45) is 0 Å². The summed E-state index contributed by atoms with van der Waals surface area (Å²) in [6.07, 6.45) is 3.37. The summed E-state index contributed by atoms with van der Waals surface area (Å²) in [5.41, 5.74) is 2.71. The highest BCUT2D eigenvalue weighted by Gasteiger charge is 2.26.